The van der Waals surface area contributed by atoms with E-state index in [1.165, 1.54) is 6.20 Å². The molecule has 0 bridgehead atoms. The number of aromatic nitrogens is 2. The third-order valence-electron chi connectivity index (χ3n) is 5.36. The van der Waals surface area contributed by atoms with Crippen LogP contribution in [0.25, 0.3) is 11.1 Å². The van der Waals surface area contributed by atoms with E-state index >= 15 is 0 Å². The molecule has 0 aromatic carbocycles. The van der Waals surface area contributed by atoms with E-state index < -0.39 is 12.0 Å². The van der Waals surface area contributed by atoms with Crippen LogP contribution in [0.5, 0.6) is 0 Å². The zero-order chi connectivity index (χ0) is 16.8. The minimum atomic E-state index is -0.923. The Morgan fingerprint density at radius 1 is 1.33 bits per heavy atom. The van der Waals surface area contributed by atoms with Gasteiger partial charge in [-0.3, -0.25) is 4.79 Å². The summed E-state index contributed by atoms with van der Waals surface area (Å²) in [6.45, 7) is 1.79. The van der Waals surface area contributed by atoms with Gasteiger partial charge in [0.1, 0.15) is 6.04 Å². The molecular formula is C17H19N3O4. The van der Waals surface area contributed by atoms with Crippen molar-refractivity contribution in [2.24, 2.45) is 5.92 Å². The van der Waals surface area contributed by atoms with Crippen molar-refractivity contribution in [3.63, 3.8) is 0 Å². The number of carbonyl (C=O) groups is 2. The van der Waals surface area contributed by atoms with Crippen molar-refractivity contribution in [2.75, 3.05) is 0 Å². The fraction of sp³-hybridized carbons (Fsp3) is 0.529. The summed E-state index contributed by atoms with van der Waals surface area (Å²) in [5, 5.41) is 14.1. The molecule has 7 nitrogen and oxygen atoms in total. The number of carbonyl (C=O) groups excluding carboxylic acids is 1. The molecule has 4 rings (SSSR count). The Bertz CT molecular complexity index is 815. The Morgan fingerprint density at radius 2 is 2.12 bits per heavy atom. The second kappa shape index (κ2) is 5.58. The van der Waals surface area contributed by atoms with Crippen LogP contribution in [0.4, 0.5) is 0 Å². The summed E-state index contributed by atoms with van der Waals surface area (Å²) in [5.74, 6) is -0.891. The lowest BCUT2D eigenvalue weighted by atomic mass is 9.84. The van der Waals surface area contributed by atoms with Crippen LogP contribution < -0.4 is 0 Å². The predicted molar refractivity (Wildman–Crippen MR) is 84.5 cm³/mol. The maximum atomic E-state index is 13.1. The van der Waals surface area contributed by atoms with Gasteiger partial charge in [-0.15, -0.1) is 0 Å². The number of pyridine rings is 1. The van der Waals surface area contributed by atoms with Gasteiger partial charge in [0.15, 0.2) is 0 Å². The van der Waals surface area contributed by atoms with Crippen molar-refractivity contribution >= 4 is 23.0 Å². The van der Waals surface area contributed by atoms with Gasteiger partial charge in [0.05, 0.1) is 16.6 Å². The van der Waals surface area contributed by atoms with E-state index in [1.54, 1.807) is 17.9 Å². The smallest absolute Gasteiger partial charge is 0.326 e. The maximum Gasteiger partial charge on any atom is 0.326 e. The van der Waals surface area contributed by atoms with Crippen LogP contribution in [0.3, 0.4) is 0 Å². The summed E-state index contributed by atoms with van der Waals surface area (Å²) in [7, 11) is 0. The number of hydrogen-bond donors (Lipinski definition) is 1. The average molecular weight is 329 g/mol. The molecule has 3 heterocycles. The molecular weight excluding hydrogens is 310 g/mol. The predicted octanol–water partition coefficient (Wildman–Crippen LogP) is 2.39. The third kappa shape index (κ3) is 2.26. The lowest BCUT2D eigenvalue weighted by Gasteiger charge is -2.33. The molecule has 1 N–H and O–H groups in total. The van der Waals surface area contributed by atoms with Gasteiger partial charge >= 0.3 is 5.97 Å². The van der Waals surface area contributed by atoms with Crippen molar-refractivity contribution < 1.29 is 19.2 Å². The van der Waals surface area contributed by atoms with Gasteiger partial charge in [-0.1, -0.05) is 18.0 Å². The van der Waals surface area contributed by atoms with Gasteiger partial charge in [0, 0.05) is 12.2 Å². The third-order valence-corrected chi connectivity index (χ3v) is 5.36. The first-order chi connectivity index (χ1) is 11.6. The number of carboxylic acids is 1. The molecule has 24 heavy (non-hydrogen) atoms. The Morgan fingerprint density at radius 3 is 2.92 bits per heavy atom. The van der Waals surface area contributed by atoms with E-state index in [0.29, 0.717) is 28.8 Å². The first kappa shape index (κ1) is 15.1. The lowest BCUT2D eigenvalue weighted by molar-refractivity contribution is -0.141. The van der Waals surface area contributed by atoms with E-state index in [1.807, 2.05) is 0 Å². The number of nitrogens with zero attached hydrogens (tertiary/aromatic N) is 3. The zero-order valence-corrected chi connectivity index (χ0v) is 13.4. The van der Waals surface area contributed by atoms with Gasteiger partial charge in [-0.2, -0.15) is 0 Å². The normalized spacial score (nSPS) is 26.5. The quantitative estimate of drug-likeness (QED) is 0.908. The number of fused-ring (bicyclic) bond motifs is 2. The van der Waals surface area contributed by atoms with Gasteiger partial charge in [0.2, 0.25) is 0 Å². The maximum absolute atomic E-state index is 13.1. The number of aryl methyl sites for hydroxylation is 1. The number of hydrogen-bond acceptors (Lipinski definition) is 5. The Kier molecular flexibility index (Phi) is 3.51. The molecule has 1 aliphatic heterocycles. The van der Waals surface area contributed by atoms with E-state index in [-0.39, 0.29) is 17.9 Å². The van der Waals surface area contributed by atoms with E-state index in [2.05, 4.69) is 10.1 Å². The minimum absolute atomic E-state index is 0.0200. The van der Waals surface area contributed by atoms with Crippen molar-refractivity contribution in [1.29, 1.82) is 0 Å². The Hall–Kier alpha value is -2.44. The van der Waals surface area contributed by atoms with Crippen LogP contribution >= 0.6 is 0 Å². The van der Waals surface area contributed by atoms with Crippen LogP contribution in [0, 0.1) is 12.8 Å². The molecule has 1 aliphatic carbocycles. The molecule has 2 fully saturated rings. The average Bonchev–Trinajstić information content (AvgIpc) is 3.15. The molecule has 2 aliphatic rings. The largest absolute Gasteiger partial charge is 0.480 e. The van der Waals surface area contributed by atoms with E-state index in [0.717, 1.165) is 25.7 Å². The van der Waals surface area contributed by atoms with E-state index in [9.17, 15) is 14.7 Å². The van der Waals surface area contributed by atoms with Gasteiger partial charge in [-0.25, -0.2) is 9.78 Å². The highest BCUT2D eigenvalue weighted by molar-refractivity contribution is 5.99. The van der Waals surface area contributed by atoms with Gasteiger partial charge in [-0.05, 0) is 38.2 Å². The molecule has 2 aromatic heterocycles. The number of likely N-dealkylation sites (tertiary alicyclic amines) is 1. The molecule has 3 atom stereocenters. The molecule has 7 heteroatoms. The van der Waals surface area contributed by atoms with Gasteiger partial charge in [0.25, 0.3) is 11.6 Å². The van der Waals surface area contributed by atoms with Crippen LogP contribution in [-0.2, 0) is 4.79 Å². The fourth-order valence-corrected chi connectivity index (χ4v) is 4.18. The Labute approximate surface area is 138 Å². The highest BCUT2D eigenvalue weighted by Crippen LogP contribution is 2.40. The number of aliphatic carboxylic acids is 1. The Balaban J connectivity index is 1.71. The summed E-state index contributed by atoms with van der Waals surface area (Å²) < 4.78 is 5.07. The van der Waals surface area contributed by atoms with Crippen molar-refractivity contribution in [3.8, 4) is 0 Å². The lowest BCUT2D eigenvalue weighted by Crippen LogP contribution is -2.46. The molecule has 126 valence electrons. The first-order valence-electron chi connectivity index (χ1n) is 8.33. The molecule has 1 saturated carbocycles. The summed E-state index contributed by atoms with van der Waals surface area (Å²) in [6.07, 6.45) is 6.03. The summed E-state index contributed by atoms with van der Waals surface area (Å²) in [4.78, 5) is 30.5. The van der Waals surface area contributed by atoms with Crippen molar-refractivity contribution in [2.45, 2.75) is 51.1 Å². The van der Waals surface area contributed by atoms with Crippen LogP contribution in [-0.4, -0.2) is 44.1 Å². The van der Waals surface area contributed by atoms with Crippen LogP contribution in [0.2, 0.25) is 0 Å². The summed E-state index contributed by atoms with van der Waals surface area (Å²) in [5.41, 5.74) is 1.45. The first-order valence-corrected chi connectivity index (χ1v) is 8.33. The monoisotopic (exact) mass is 329 g/mol. The van der Waals surface area contributed by atoms with Crippen molar-refractivity contribution in [3.05, 3.63) is 23.5 Å². The summed E-state index contributed by atoms with van der Waals surface area (Å²) in [6, 6.07) is 0.974. The van der Waals surface area contributed by atoms with Crippen LogP contribution in [0.15, 0.2) is 16.8 Å². The topological polar surface area (TPSA) is 96.5 Å². The molecule has 2 aromatic rings. The molecule has 1 saturated heterocycles. The highest BCUT2D eigenvalue weighted by atomic mass is 16.5. The van der Waals surface area contributed by atoms with E-state index in [4.69, 9.17) is 4.52 Å². The van der Waals surface area contributed by atoms with Crippen molar-refractivity contribution in [1.82, 2.24) is 15.0 Å². The van der Waals surface area contributed by atoms with Gasteiger partial charge < -0.3 is 14.5 Å². The number of rotatable bonds is 2. The minimum Gasteiger partial charge on any atom is -0.480 e. The molecule has 0 unspecified atom stereocenters. The highest BCUT2D eigenvalue weighted by Gasteiger charge is 2.47. The second-order valence-electron chi connectivity index (χ2n) is 6.76. The summed E-state index contributed by atoms with van der Waals surface area (Å²) >= 11 is 0. The number of carboxylic acid groups (broad SMARTS) is 1. The SMILES string of the molecule is Cc1noc2ncc(C(=O)N3[C@H](C(=O)O)C[C@@H]4CCCC[C@@H]43)cc12. The second-order valence-corrected chi connectivity index (χ2v) is 6.76. The zero-order valence-electron chi connectivity index (χ0n) is 13.4. The fourth-order valence-electron chi connectivity index (χ4n) is 4.18. The number of amides is 1. The van der Waals surface area contributed by atoms with Crippen LogP contribution in [0.1, 0.15) is 48.2 Å². The molecule has 1 amide bonds. The standard InChI is InChI=1S/C17H19N3O4/c1-9-12-6-11(8-18-15(12)24-19-9)16(21)20-13-5-3-2-4-10(13)7-14(20)17(22)23/h6,8,10,13-14H,2-5,7H2,1H3,(H,22,23)/t10-,13-,14-/m0/s1. The molecule has 0 spiro atoms. The molecule has 0 radical (unpaired) electrons.